The van der Waals surface area contributed by atoms with Gasteiger partial charge in [-0.15, -0.1) is 0 Å². The molecule has 1 heterocycles. The Labute approximate surface area is 121 Å². The minimum atomic E-state index is 0.180. The molecule has 1 saturated heterocycles. The van der Waals surface area contributed by atoms with E-state index >= 15 is 0 Å². The minimum Gasteiger partial charge on any atom is -0.369 e. The van der Waals surface area contributed by atoms with Crippen LogP contribution in [-0.2, 0) is 6.42 Å². The van der Waals surface area contributed by atoms with Crippen LogP contribution in [0.25, 0.3) is 0 Å². The van der Waals surface area contributed by atoms with Gasteiger partial charge in [-0.25, -0.2) is 0 Å². The zero-order chi connectivity index (χ0) is 14.0. The summed E-state index contributed by atoms with van der Waals surface area (Å²) in [5.41, 5.74) is 8.57. The van der Waals surface area contributed by atoms with Crippen LogP contribution < -0.4 is 10.6 Å². The molecule has 1 aromatic rings. The summed E-state index contributed by atoms with van der Waals surface area (Å²) < 4.78 is 0. The van der Waals surface area contributed by atoms with E-state index in [0.29, 0.717) is 6.04 Å². The van der Waals surface area contributed by atoms with Gasteiger partial charge in [0, 0.05) is 29.3 Å². The van der Waals surface area contributed by atoms with Gasteiger partial charge in [0.25, 0.3) is 0 Å². The van der Waals surface area contributed by atoms with Gasteiger partial charge in [0.2, 0.25) is 0 Å². The molecule has 2 rings (SSSR count). The zero-order valence-electron chi connectivity index (χ0n) is 12.2. The van der Waals surface area contributed by atoms with E-state index in [9.17, 15) is 0 Å². The lowest BCUT2D eigenvalue weighted by molar-refractivity contribution is 0.377. The predicted octanol–water partition coefficient (Wildman–Crippen LogP) is 3.85. The predicted molar refractivity (Wildman–Crippen MR) is 84.0 cm³/mol. The first-order valence-corrected chi connectivity index (χ1v) is 7.65. The van der Waals surface area contributed by atoms with Gasteiger partial charge >= 0.3 is 0 Å². The van der Waals surface area contributed by atoms with Crippen molar-refractivity contribution in [2.24, 2.45) is 11.7 Å². The van der Waals surface area contributed by atoms with E-state index in [1.165, 1.54) is 24.1 Å². The van der Waals surface area contributed by atoms with Gasteiger partial charge in [0.1, 0.15) is 0 Å². The van der Waals surface area contributed by atoms with Crippen molar-refractivity contribution in [1.82, 2.24) is 0 Å². The number of halogens is 1. The highest BCUT2D eigenvalue weighted by Crippen LogP contribution is 2.32. The molecule has 0 amide bonds. The summed E-state index contributed by atoms with van der Waals surface area (Å²) in [5, 5.41) is 0.814. The van der Waals surface area contributed by atoms with Crippen molar-refractivity contribution in [3.05, 3.63) is 28.8 Å². The Morgan fingerprint density at radius 1 is 1.42 bits per heavy atom. The molecule has 19 heavy (non-hydrogen) atoms. The van der Waals surface area contributed by atoms with E-state index in [1.54, 1.807) is 0 Å². The molecular weight excluding hydrogens is 256 g/mol. The van der Waals surface area contributed by atoms with Crippen LogP contribution in [-0.4, -0.2) is 18.6 Å². The first-order valence-electron chi connectivity index (χ1n) is 7.28. The maximum atomic E-state index is 6.19. The Morgan fingerprint density at radius 2 is 2.16 bits per heavy atom. The molecule has 0 spiro atoms. The maximum absolute atomic E-state index is 6.19. The molecule has 0 radical (unpaired) electrons. The van der Waals surface area contributed by atoms with Crippen molar-refractivity contribution in [1.29, 1.82) is 0 Å². The highest BCUT2D eigenvalue weighted by molar-refractivity contribution is 6.30. The fourth-order valence-corrected chi connectivity index (χ4v) is 3.26. The second-order valence-electron chi connectivity index (χ2n) is 6.13. The number of anilines is 1. The molecule has 0 bridgehead atoms. The Kier molecular flexibility index (Phi) is 4.75. The summed E-state index contributed by atoms with van der Waals surface area (Å²) in [5.74, 6) is 0.822. The average Bonchev–Trinajstić information content (AvgIpc) is 2.31. The Balaban J connectivity index is 2.29. The van der Waals surface area contributed by atoms with E-state index in [-0.39, 0.29) is 6.04 Å². The Hall–Kier alpha value is -0.730. The minimum absolute atomic E-state index is 0.180. The van der Waals surface area contributed by atoms with Crippen molar-refractivity contribution in [2.45, 2.75) is 52.1 Å². The molecule has 3 unspecified atom stereocenters. The quantitative estimate of drug-likeness (QED) is 0.911. The third-order valence-corrected chi connectivity index (χ3v) is 4.27. The van der Waals surface area contributed by atoms with Gasteiger partial charge in [-0.3, -0.25) is 0 Å². The van der Waals surface area contributed by atoms with E-state index in [2.05, 4.69) is 37.8 Å². The van der Waals surface area contributed by atoms with Gasteiger partial charge in [0.15, 0.2) is 0 Å². The third-order valence-electron chi connectivity index (χ3n) is 4.04. The molecule has 3 heteroatoms. The fourth-order valence-electron chi connectivity index (χ4n) is 3.09. The second kappa shape index (κ2) is 6.15. The Morgan fingerprint density at radius 3 is 2.79 bits per heavy atom. The third kappa shape index (κ3) is 3.64. The summed E-state index contributed by atoms with van der Waals surface area (Å²) in [7, 11) is 0. The number of rotatable bonds is 3. The highest BCUT2D eigenvalue weighted by atomic mass is 35.5. The molecule has 0 aliphatic carbocycles. The molecule has 1 aliphatic heterocycles. The molecule has 1 aromatic carbocycles. The fraction of sp³-hybridized carbons (Fsp3) is 0.625. The van der Waals surface area contributed by atoms with Crippen LogP contribution in [0.5, 0.6) is 0 Å². The Bertz CT molecular complexity index is 431. The SMILES string of the molecule is CC(N)Cc1ccc(Cl)cc1N1CCC(C)CC1C. The number of benzene rings is 1. The molecule has 1 fully saturated rings. The van der Waals surface area contributed by atoms with Crippen molar-refractivity contribution < 1.29 is 0 Å². The van der Waals surface area contributed by atoms with Gasteiger partial charge in [-0.05, 0) is 56.7 Å². The van der Waals surface area contributed by atoms with Gasteiger partial charge in [-0.2, -0.15) is 0 Å². The van der Waals surface area contributed by atoms with Crippen molar-refractivity contribution >= 4 is 17.3 Å². The smallest absolute Gasteiger partial charge is 0.0426 e. The summed E-state index contributed by atoms with van der Waals surface area (Å²) in [6, 6.07) is 6.96. The van der Waals surface area contributed by atoms with Crippen LogP contribution in [0.4, 0.5) is 5.69 Å². The van der Waals surface area contributed by atoms with Crippen LogP contribution in [0.2, 0.25) is 5.02 Å². The lowest BCUT2D eigenvalue weighted by atomic mass is 9.92. The van der Waals surface area contributed by atoms with Crippen LogP contribution in [0, 0.1) is 5.92 Å². The van der Waals surface area contributed by atoms with Crippen LogP contribution in [0.3, 0.4) is 0 Å². The zero-order valence-corrected chi connectivity index (χ0v) is 13.0. The summed E-state index contributed by atoms with van der Waals surface area (Å²) in [6.45, 7) is 7.83. The van der Waals surface area contributed by atoms with E-state index < -0.39 is 0 Å². The van der Waals surface area contributed by atoms with Gasteiger partial charge in [-0.1, -0.05) is 24.6 Å². The second-order valence-corrected chi connectivity index (χ2v) is 6.56. The number of piperidine rings is 1. The van der Waals surface area contributed by atoms with Crippen molar-refractivity contribution in [3.63, 3.8) is 0 Å². The first kappa shape index (κ1) is 14.7. The van der Waals surface area contributed by atoms with E-state index in [0.717, 1.165) is 23.9 Å². The van der Waals surface area contributed by atoms with E-state index in [1.807, 2.05) is 6.07 Å². The topological polar surface area (TPSA) is 29.3 Å². The monoisotopic (exact) mass is 280 g/mol. The van der Waals surface area contributed by atoms with Crippen molar-refractivity contribution in [3.8, 4) is 0 Å². The number of hydrogen-bond donors (Lipinski definition) is 1. The van der Waals surface area contributed by atoms with Crippen LogP contribution >= 0.6 is 11.6 Å². The lowest BCUT2D eigenvalue weighted by Crippen LogP contribution is -2.41. The average molecular weight is 281 g/mol. The van der Waals surface area contributed by atoms with Crippen LogP contribution in [0.15, 0.2) is 18.2 Å². The number of hydrogen-bond acceptors (Lipinski definition) is 2. The maximum Gasteiger partial charge on any atom is 0.0426 e. The number of nitrogens with zero attached hydrogens (tertiary/aromatic N) is 1. The highest BCUT2D eigenvalue weighted by Gasteiger charge is 2.24. The molecular formula is C16H25ClN2. The molecule has 0 saturated carbocycles. The summed E-state index contributed by atoms with van der Waals surface area (Å²) >= 11 is 6.19. The molecule has 2 N–H and O–H groups in total. The standard InChI is InChI=1S/C16H25ClN2/c1-11-6-7-19(13(3)8-11)16-10-15(17)5-4-14(16)9-12(2)18/h4-5,10-13H,6-9,18H2,1-3H3. The molecule has 2 nitrogen and oxygen atoms in total. The largest absolute Gasteiger partial charge is 0.369 e. The molecule has 106 valence electrons. The summed E-state index contributed by atoms with van der Waals surface area (Å²) in [4.78, 5) is 2.50. The van der Waals surface area contributed by atoms with Crippen LogP contribution in [0.1, 0.15) is 39.2 Å². The van der Waals surface area contributed by atoms with Gasteiger partial charge < -0.3 is 10.6 Å². The van der Waals surface area contributed by atoms with Crippen molar-refractivity contribution in [2.75, 3.05) is 11.4 Å². The summed E-state index contributed by atoms with van der Waals surface area (Å²) in [6.07, 6.45) is 3.42. The lowest BCUT2D eigenvalue weighted by Gasteiger charge is -2.39. The molecule has 3 atom stereocenters. The number of nitrogens with two attached hydrogens (primary N) is 1. The normalized spacial score (nSPS) is 25.4. The van der Waals surface area contributed by atoms with E-state index in [4.69, 9.17) is 17.3 Å². The molecule has 1 aliphatic rings. The van der Waals surface area contributed by atoms with Gasteiger partial charge in [0.05, 0.1) is 0 Å². The first-order chi connectivity index (χ1) is 8.97. The molecule has 0 aromatic heterocycles.